The predicted molar refractivity (Wildman–Crippen MR) is 92.3 cm³/mol. The standard InChI is InChI=1S/C18H25ClN2O2/c1-20-11-13-8-9-21(12-13)18(22)16-10-14(19)6-7-17(16)23-15-4-2-3-5-15/h6-7,10,13,15,20H,2-5,8-9,11-12H2,1H3/t13-/m1/s1. The molecule has 23 heavy (non-hydrogen) atoms. The molecule has 2 fully saturated rings. The molecule has 126 valence electrons. The van der Waals surface area contributed by atoms with Crippen LogP contribution in [-0.4, -0.2) is 43.6 Å². The topological polar surface area (TPSA) is 41.6 Å². The van der Waals surface area contributed by atoms with Crippen molar-refractivity contribution in [3.63, 3.8) is 0 Å². The lowest BCUT2D eigenvalue weighted by atomic mass is 10.1. The fourth-order valence-electron chi connectivity index (χ4n) is 3.60. The van der Waals surface area contributed by atoms with E-state index in [1.165, 1.54) is 12.8 Å². The molecule has 1 heterocycles. The third kappa shape index (κ3) is 3.99. The summed E-state index contributed by atoms with van der Waals surface area (Å²) in [5, 5.41) is 3.78. The highest BCUT2D eigenvalue weighted by Gasteiger charge is 2.29. The minimum Gasteiger partial charge on any atom is -0.490 e. The number of nitrogens with one attached hydrogen (secondary N) is 1. The Morgan fingerprint density at radius 3 is 2.87 bits per heavy atom. The third-order valence-corrected chi connectivity index (χ3v) is 5.07. The van der Waals surface area contributed by atoms with E-state index in [9.17, 15) is 4.79 Å². The van der Waals surface area contributed by atoms with Crippen LogP contribution in [0.5, 0.6) is 5.75 Å². The van der Waals surface area contributed by atoms with Gasteiger partial charge in [-0.2, -0.15) is 0 Å². The van der Waals surface area contributed by atoms with E-state index in [1.807, 2.05) is 18.0 Å². The molecule has 1 aromatic carbocycles. The number of carbonyl (C=O) groups is 1. The van der Waals surface area contributed by atoms with Gasteiger partial charge in [0.05, 0.1) is 11.7 Å². The van der Waals surface area contributed by atoms with E-state index in [1.54, 1.807) is 12.1 Å². The SMILES string of the molecule is CNC[C@H]1CCN(C(=O)c2cc(Cl)ccc2OC2CCCC2)C1. The number of benzene rings is 1. The van der Waals surface area contributed by atoms with E-state index in [-0.39, 0.29) is 12.0 Å². The molecule has 1 aliphatic carbocycles. The van der Waals surface area contributed by atoms with Crippen molar-refractivity contribution in [1.29, 1.82) is 0 Å². The maximum Gasteiger partial charge on any atom is 0.257 e. The Morgan fingerprint density at radius 1 is 1.35 bits per heavy atom. The van der Waals surface area contributed by atoms with Crippen molar-refractivity contribution in [1.82, 2.24) is 10.2 Å². The molecule has 4 nitrogen and oxygen atoms in total. The number of hydrogen-bond donors (Lipinski definition) is 1. The predicted octanol–water partition coefficient (Wildman–Crippen LogP) is 3.34. The number of amides is 1. The molecule has 0 bridgehead atoms. The van der Waals surface area contributed by atoms with Crippen molar-refractivity contribution in [3.05, 3.63) is 28.8 Å². The van der Waals surface area contributed by atoms with Crippen LogP contribution in [0.2, 0.25) is 5.02 Å². The quantitative estimate of drug-likeness (QED) is 0.896. The highest BCUT2D eigenvalue weighted by atomic mass is 35.5. The first-order chi connectivity index (χ1) is 11.2. The van der Waals surface area contributed by atoms with E-state index in [0.29, 0.717) is 22.3 Å². The lowest BCUT2D eigenvalue weighted by Gasteiger charge is -2.21. The van der Waals surface area contributed by atoms with E-state index in [2.05, 4.69) is 5.32 Å². The first-order valence-corrected chi connectivity index (χ1v) is 8.95. The van der Waals surface area contributed by atoms with E-state index in [4.69, 9.17) is 16.3 Å². The molecule has 0 unspecified atom stereocenters. The van der Waals surface area contributed by atoms with Crippen LogP contribution in [0.25, 0.3) is 0 Å². The highest BCUT2D eigenvalue weighted by Crippen LogP contribution is 2.30. The summed E-state index contributed by atoms with van der Waals surface area (Å²) in [4.78, 5) is 14.8. The fourth-order valence-corrected chi connectivity index (χ4v) is 3.77. The summed E-state index contributed by atoms with van der Waals surface area (Å²) in [5.41, 5.74) is 0.606. The number of rotatable bonds is 5. The molecule has 3 rings (SSSR count). The number of halogens is 1. The Kier molecular flexibility index (Phi) is 5.44. The van der Waals surface area contributed by atoms with Gasteiger partial charge in [-0.15, -0.1) is 0 Å². The molecule has 1 aromatic rings. The van der Waals surface area contributed by atoms with Gasteiger partial charge in [-0.25, -0.2) is 0 Å². The molecule has 5 heteroatoms. The van der Waals surface area contributed by atoms with Crippen LogP contribution in [0.15, 0.2) is 18.2 Å². The Hall–Kier alpha value is -1.26. The first-order valence-electron chi connectivity index (χ1n) is 8.57. The summed E-state index contributed by atoms with van der Waals surface area (Å²) in [6.45, 7) is 2.56. The molecule has 1 atom stereocenters. The zero-order valence-electron chi connectivity index (χ0n) is 13.7. The van der Waals surface area contributed by atoms with Gasteiger partial charge >= 0.3 is 0 Å². The summed E-state index contributed by atoms with van der Waals surface area (Å²) in [6, 6.07) is 5.39. The van der Waals surface area contributed by atoms with Gasteiger partial charge in [0.1, 0.15) is 5.75 Å². The average molecular weight is 337 g/mol. The van der Waals surface area contributed by atoms with E-state index >= 15 is 0 Å². The summed E-state index contributed by atoms with van der Waals surface area (Å²) in [5.74, 6) is 1.25. The van der Waals surface area contributed by atoms with Crippen LogP contribution < -0.4 is 10.1 Å². The van der Waals surface area contributed by atoms with E-state index < -0.39 is 0 Å². The van der Waals surface area contributed by atoms with Gasteiger partial charge in [0.25, 0.3) is 5.91 Å². The Balaban J connectivity index is 1.75. The minimum absolute atomic E-state index is 0.0408. The maximum absolute atomic E-state index is 12.9. The Bertz CT molecular complexity index is 558. The van der Waals surface area contributed by atoms with Crippen molar-refractivity contribution < 1.29 is 9.53 Å². The third-order valence-electron chi connectivity index (χ3n) is 4.83. The molecule has 1 amide bonds. The van der Waals surface area contributed by atoms with Crippen molar-refractivity contribution in [2.24, 2.45) is 5.92 Å². The maximum atomic E-state index is 12.9. The number of likely N-dealkylation sites (tertiary alicyclic amines) is 1. The molecule has 1 saturated carbocycles. The van der Waals surface area contributed by atoms with Gasteiger partial charge < -0.3 is 15.0 Å². The zero-order valence-corrected chi connectivity index (χ0v) is 14.4. The highest BCUT2D eigenvalue weighted by molar-refractivity contribution is 6.31. The molecule has 0 radical (unpaired) electrons. The van der Waals surface area contributed by atoms with Gasteiger partial charge in [-0.05, 0) is 69.8 Å². The van der Waals surface area contributed by atoms with Gasteiger partial charge in [-0.1, -0.05) is 11.6 Å². The van der Waals surface area contributed by atoms with Crippen LogP contribution in [0, 0.1) is 5.92 Å². The largest absolute Gasteiger partial charge is 0.490 e. The van der Waals surface area contributed by atoms with Crippen LogP contribution >= 0.6 is 11.6 Å². The lowest BCUT2D eigenvalue weighted by molar-refractivity contribution is 0.0779. The van der Waals surface area contributed by atoms with Crippen LogP contribution in [-0.2, 0) is 0 Å². The van der Waals surface area contributed by atoms with Crippen molar-refractivity contribution in [2.75, 3.05) is 26.7 Å². The summed E-state index contributed by atoms with van der Waals surface area (Å²) in [7, 11) is 1.95. The molecule has 1 N–H and O–H groups in total. The minimum atomic E-state index is 0.0408. The smallest absolute Gasteiger partial charge is 0.257 e. The number of hydrogen-bond acceptors (Lipinski definition) is 3. The fraction of sp³-hybridized carbons (Fsp3) is 0.611. The second-order valence-electron chi connectivity index (χ2n) is 6.63. The molecule has 0 aromatic heterocycles. The summed E-state index contributed by atoms with van der Waals surface area (Å²) in [6.07, 6.45) is 5.84. The number of ether oxygens (including phenoxy) is 1. The number of nitrogens with zero attached hydrogens (tertiary/aromatic N) is 1. The lowest BCUT2D eigenvalue weighted by Crippen LogP contribution is -2.31. The molecule has 1 aliphatic heterocycles. The van der Waals surface area contributed by atoms with Gasteiger partial charge in [0.15, 0.2) is 0 Å². The van der Waals surface area contributed by atoms with E-state index in [0.717, 1.165) is 38.9 Å². The second kappa shape index (κ2) is 7.54. The normalized spacial score (nSPS) is 21.8. The van der Waals surface area contributed by atoms with Crippen molar-refractivity contribution >= 4 is 17.5 Å². The van der Waals surface area contributed by atoms with Crippen LogP contribution in [0.3, 0.4) is 0 Å². The van der Waals surface area contributed by atoms with Crippen LogP contribution in [0.4, 0.5) is 0 Å². The molecule has 2 aliphatic rings. The van der Waals surface area contributed by atoms with Gasteiger partial charge in [0, 0.05) is 18.1 Å². The molecule has 1 saturated heterocycles. The second-order valence-corrected chi connectivity index (χ2v) is 7.06. The van der Waals surface area contributed by atoms with Gasteiger partial charge in [0.2, 0.25) is 0 Å². The summed E-state index contributed by atoms with van der Waals surface area (Å²) < 4.78 is 6.10. The van der Waals surface area contributed by atoms with Crippen molar-refractivity contribution in [2.45, 2.75) is 38.2 Å². The first kappa shape index (κ1) is 16.6. The Labute approximate surface area is 143 Å². The molecular formula is C18H25ClN2O2. The van der Waals surface area contributed by atoms with Crippen LogP contribution in [0.1, 0.15) is 42.5 Å². The van der Waals surface area contributed by atoms with Gasteiger partial charge in [-0.3, -0.25) is 4.79 Å². The molecular weight excluding hydrogens is 312 g/mol. The average Bonchev–Trinajstić information content (AvgIpc) is 3.20. The zero-order chi connectivity index (χ0) is 16.2. The summed E-state index contributed by atoms with van der Waals surface area (Å²) >= 11 is 6.13. The Morgan fingerprint density at radius 2 is 2.13 bits per heavy atom. The monoisotopic (exact) mass is 336 g/mol. The molecule has 0 spiro atoms. The van der Waals surface area contributed by atoms with Crippen molar-refractivity contribution in [3.8, 4) is 5.75 Å². The number of carbonyl (C=O) groups excluding carboxylic acids is 1.